The van der Waals surface area contributed by atoms with Crippen LogP contribution in [0.4, 0.5) is 5.82 Å². The molecule has 0 saturated carbocycles. The van der Waals surface area contributed by atoms with Gasteiger partial charge in [-0.05, 0) is 31.5 Å². The molecule has 0 bridgehead atoms. The number of nitrogens with one attached hydrogen (secondary N) is 1. The lowest BCUT2D eigenvalue weighted by Crippen LogP contribution is -2.23. The number of hydrogen-bond donors (Lipinski definition) is 1. The second kappa shape index (κ2) is 6.76. The number of aryl methyl sites for hydroxylation is 3. The molecule has 2 rings (SSSR count). The molecule has 0 aliphatic heterocycles. The molecule has 0 spiro atoms. The van der Waals surface area contributed by atoms with E-state index in [0.29, 0.717) is 0 Å². The standard InChI is InChI=1S/C17H26N4/c1-6-18-11-16-14(3)19-21(5)17(16)20(4)12-15-10-8-7-9-13(15)2/h7-10,18H,6,11-12H2,1-5H3. The molecule has 1 aromatic carbocycles. The molecule has 1 N–H and O–H groups in total. The second-order valence-corrected chi connectivity index (χ2v) is 5.57. The number of nitrogens with zero attached hydrogens (tertiary/aromatic N) is 3. The van der Waals surface area contributed by atoms with Crippen molar-refractivity contribution >= 4 is 5.82 Å². The zero-order chi connectivity index (χ0) is 15.4. The summed E-state index contributed by atoms with van der Waals surface area (Å²) in [6.07, 6.45) is 0. The molecular formula is C17H26N4. The zero-order valence-corrected chi connectivity index (χ0v) is 13.8. The summed E-state index contributed by atoms with van der Waals surface area (Å²) in [6, 6.07) is 8.55. The van der Waals surface area contributed by atoms with Crippen molar-refractivity contribution in [3.8, 4) is 0 Å². The number of benzene rings is 1. The molecule has 0 radical (unpaired) electrons. The van der Waals surface area contributed by atoms with E-state index < -0.39 is 0 Å². The summed E-state index contributed by atoms with van der Waals surface area (Å²) in [4.78, 5) is 2.29. The van der Waals surface area contributed by atoms with Crippen LogP contribution >= 0.6 is 0 Å². The van der Waals surface area contributed by atoms with Gasteiger partial charge in [0.15, 0.2) is 0 Å². The Bertz CT molecular complexity index is 601. The maximum Gasteiger partial charge on any atom is 0.131 e. The Morgan fingerprint density at radius 3 is 2.62 bits per heavy atom. The molecule has 0 aliphatic rings. The van der Waals surface area contributed by atoms with Gasteiger partial charge in [-0.25, -0.2) is 0 Å². The normalized spacial score (nSPS) is 10.9. The maximum atomic E-state index is 4.58. The fourth-order valence-corrected chi connectivity index (χ4v) is 2.74. The Morgan fingerprint density at radius 2 is 1.95 bits per heavy atom. The minimum absolute atomic E-state index is 0.865. The lowest BCUT2D eigenvalue weighted by atomic mass is 10.1. The lowest BCUT2D eigenvalue weighted by Gasteiger charge is -2.22. The van der Waals surface area contributed by atoms with Crippen LogP contribution in [0.25, 0.3) is 0 Å². The van der Waals surface area contributed by atoms with Gasteiger partial charge in [0, 0.05) is 32.7 Å². The first-order valence-corrected chi connectivity index (χ1v) is 7.53. The molecule has 1 heterocycles. The van der Waals surface area contributed by atoms with Crippen LogP contribution < -0.4 is 10.2 Å². The number of anilines is 1. The first-order chi connectivity index (χ1) is 10.0. The molecule has 0 fully saturated rings. The third-order valence-electron chi connectivity index (χ3n) is 3.90. The highest BCUT2D eigenvalue weighted by molar-refractivity contribution is 5.50. The zero-order valence-electron chi connectivity index (χ0n) is 13.8. The highest BCUT2D eigenvalue weighted by atomic mass is 15.4. The van der Waals surface area contributed by atoms with Gasteiger partial charge in [0.1, 0.15) is 5.82 Å². The monoisotopic (exact) mass is 286 g/mol. The van der Waals surface area contributed by atoms with Crippen LogP contribution in [-0.4, -0.2) is 23.4 Å². The highest BCUT2D eigenvalue weighted by Crippen LogP contribution is 2.24. The molecule has 2 aromatic rings. The van der Waals surface area contributed by atoms with Crippen LogP contribution in [0.2, 0.25) is 0 Å². The topological polar surface area (TPSA) is 33.1 Å². The van der Waals surface area contributed by atoms with Crippen LogP contribution in [0.15, 0.2) is 24.3 Å². The van der Waals surface area contributed by atoms with Crippen molar-refractivity contribution in [2.24, 2.45) is 7.05 Å². The molecule has 114 valence electrons. The van der Waals surface area contributed by atoms with Gasteiger partial charge < -0.3 is 10.2 Å². The summed E-state index contributed by atoms with van der Waals surface area (Å²) in [5.74, 6) is 1.19. The summed E-state index contributed by atoms with van der Waals surface area (Å²) >= 11 is 0. The summed E-state index contributed by atoms with van der Waals surface area (Å²) in [5.41, 5.74) is 5.07. The minimum Gasteiger partial charge on any atom is -0.355 e. The Hall–Kier alpha value is -1.81. The summed E-state index contributed by atoms with van der Waals surface area (Å²) in [5, 5.41) is 7.99. The first-order valence-electron chi connectivity index (χ1n) is 7.53. The van der Waals surface area contributed by atoms with E-state index in [1.807, 2.05) is 11.7 Å². The molecular weight excluding hydrogens is 260 g/mol. The molecule has 21 heavy (non-hydrogen) atoms. The van der Waals surface area contributed by atoms with Gasteiger partial charge in [-0.1, -0.05) is 31.2 Å². The quantitative estimate of drug-likeness (QED) is 0.886. The second-order valence-electron chi connectivity index (χ2n) is 5.57. The van der Waals surface area contributed by atoms with E-state index >= 15 is 0 Å². The minimum atomic E-state index is 0.865. The van der Waals surface area contributed by atoms with Crippen molar-refractivity contribution in [1.82, 2.24) is 15.1 Å². The molecule has 0 saturated heterocycles. The van der Waals surface area contributed by atoms with Crippen molar-refractivity contribution in [1.29, 1.82) is 0 Å². The molecule has 4 nitrogen and oxygen atoms in total. The van der Waals surface area contributed by atoms with Gasteiger partial charge in [-0.15, -0.1) is 0 Å². The van der Waals surface area contributed by atoms with Gasteiger partial charge in [0.2, 0.25) is 0 Å². The van der Waals surface area contributed by atoms with E-state index in [9.17, 15) is 0 Å². The van der Waals surface area contributed by atoms with Crippen LogP contribution in [0.3, 0.4) is 0 Å². The lowest BCUT2D eigenvalue weighted by molar-refractivity contribution is 0.708. The fraction of sp³-hybridized carbons (Fsp3) is 0.471. The van der Waals surface area contributed by atoms with E-state index in [2.05, 4.69) is 67.4 Å². The van der Waals surface area contributed by atoms with E-state index in [1.165, 1.54) is 22.5 Å². The summed E-state index contributed by atoms with van der Waals surface area (Å²) in [7, 11) is 4.16. The summed E-state index contributed by atoms with van der Waals surface area (Å²) in [6.45, 7) is 9.10. The molecule has 0 aliphatic carbocycles. The first kappa shape index (κ1) is 15.6. The van der Waals surface area contributed by atoms with E-state index in [0.717, 1.165) is 25.3 Å². The molecule has 1 aromatic heterocycles. The smallest absolute Gasteiger partial charge is 0.131 e. The largest absolute Gasteiger partial charge is 0.355 e. The Balaban J connectivity index is 2.26. The third-order valence-corrected chi connectivity index (χ3v) is 3.90. The fourth-order valence-electron chi connectivity index (χ4n) is 2.74. The molecule has 0 amide bonds. The highest BCUT2D eigenvalue weighted by Gasteiger charge is 2.17. The predicted molar refractivity (Wildman–Crippen MR) is 88.6 cm³/mol. The summed E-state index contributed by atoms with van der Waals surface area (Å²) < 4.78 is 1.99. The van der Waals surface area contributed by atoms with Crippen molar-refractivity contribution in [2.75, 3.05) is 18.5 Å². The van der Waals surface area contributed by atoms with Crippen LogP contribution in [0.5, 0.6) is 0 Å². The van der Waals surface area contributed by atoms with Gasteiger partial charge >= 0.3 is 0 Å². The van der Waals surface area contributed by atoms with E-state index in [-0.39, 0.29) is 0 Å². The van der Waals surface area contributed by atoms with Crippen LogP contribution in [0.1, 0.15) is 29.3 Å². The van der Waals surface area contributed by atoms with Crippen molar-refractivity contribution in [2.45, 2.75) is 33.9 Å². The number of aromatic nitrogens is 2. The molecule has 0 atom stereocenters. The molecule has 0 unspecified atom stereocenters. The van der Waals surface area contributed by atoms with Crippen molar-refractivity contribution < 1.29 is 0 Å². The van der Waals surface area contributed by atoms with Crippen molar-refractivity contribution in [3.05, 3.63) is 46.6 Å². The van der Waals surface area contributed by atoms with E-state index in [4.69, 9.17) is 0 Å². The number of hydrogen-bond acceptors (Lipinski definition) is 3. The Labute approximate surface area is 127 Å². The Morgan fingerprint density at radius 1 is 1.24 bits per heavy atom. The SMILES string of the molecule is CCNCc1c(C)nn(C)c1N(C)Cc1ccccc1C. The van der Waals surface area contributed by atoms with Crippen LogP contribution in [0, 0.1) is 13.8 Å². The van der Waals surface area contributed by atoms with Crippen molar-refractivity contribution in [3.63, 3.8) is 0 Å². The van der Waals surface area contributed by atoms with Crippen LogP contribution in [-0.2, 0) is 20.1 Å². The van der Waals surface area contributed by atoms with Gasteiger partial charge in [0.25, 0.3) is 0 Å². The third kappa shape index (κ3) is 3.45. The molecule has 4 heteroatoms. The van der Waals surface area contributed by atoms with Gasteiger partial charge in [-0.2, -0.15) is 5.10 Å². The van der Waals surface area contributed by atoms with Gasteiger partial charge in [0.05, 0.1) is 5.69 Å². The number of rotatable bonds is 6. The average Bonchev–Trinajstić information content (AvgIpc) is 2.73. The maximum absolute atomic E-state index is 4.58. The predicted octanol–water partition coefficient (Wildman–Crippen LogP) is 2.78. The van der Waals surface area contributed by atoms with Gasteiger partial charge in [-0.3, -0.25) is 4.68 Å². The van der Waals surface area contributed by atoms with E-state index in [1.54, 1.807) is 0 Å². The Kier molecular flexibility index (Phi) is 5.02. The average molecular weight is 286 g/mol.